The molecule has 3 rings (SSSR count). The first kappa shape index (κ1) is 21.6. The molecule has 1 aliphatic heterocycles. The summed E-state index contributed by atoms with van der Waals surface area (Å²) in [4.78, 5) is 29.7. The second kappa shape index (κ2) is 9.63. The van der Waals surface area contributed by atoms with Crippen molar-refractivity contribution in [2.75, 3.05) is 26.0 Å². The molecule has 6 nitrogen and oxygen atoms in total. The summed E-state index contributed by atoms with van der Waals surface area (Å²) in [6, 6.07) is 8.94. The van der Waals surface area contributed by atoms with Gasteiger partial charge in [0.1, 0.15) is 4.32 Å². The van der Waals surface area contributed by atoms with Crippen LogP contribution in [0.1, 0.15) is 38.3 Å². The first-order chi connectivity index (χ1) is 14.0. The summed E-state index contributed by atoms with van der Waals surface area (Å²) in [5, 5.41) is 3.01. The van der Waals surface area contributed by atoms with Crippen LogP contribution in [-0.2, 0) is 9.53 Å². The number of amides is 2. The fourth-order valence-corrected chi connectivity index (χ4v) is 4.93. The molecule has 0 radical (unpaired) electrons. The number of nitrogens with one attached hydrogen (secondary N) is 1. The van der Waals surface area contributed by atoms with Gasteiger partial charge in [-0.15, -0.1) is 0 Å². The molecule has 1 aliphatic carbocycles. The van der Waals surface area contributed by atoms with Crippen molar-refractivity contribution in [1.29, 1.82) is 0 Å². The molecule has 0 bridgehead atoms. The highest BCUT2D eigenvalue weighted by atomic mass is 32.2. The highest BCUT2D eigenvalue weighted by molar-refractivity contribution is 8.23. The van der Waals surface area contributed by atoms with Crippen LogP contribution in [0.3, 0.4) is 0 Å². The van der Waals surface area contributed by atoms with Crippen LogP contribution in [0, 0.1) is 0 Å². The molecule has 1 heterocycles. The van der Waals surface area contributed by atoms with Gasteiger partial charge in [0.2, 0.25) is 0 Å². The third kappa shape index (κ3) is 4.75. The third-order valence-corrected chi connectivity index (χ3v) is 6.72. The number of esters is 1. The number of methoxy groups -OCH3 is 1. The lowest BCUT2D eigenvalue weighted by Gasteiger charge is -2.37. The quantitative estimate of drug-likeness (QED) is 0.523. The van der Waals surface area contributed by atoms with E-state index in [4.69, 9.17) is 17.0 Å². The maximum atomic E-state index is 13.0. The number of ether oxygens (including phenoxy) is 1. The SMILES string of the molecule is CCN(CC)C(=S)SCC1=C(C(=O)OC)[C@H](c2ccccc2)NC(=O)N1C1CC1. The van der Waals surface area contributed by atoms with Gasteiger partial charge < -0.3 is 15.0 Å². The molecule has 0 saturated heterocycles. The Morgan fingerprint density at radius 2 is 1.93 bits per heavy atom. The van der Waals surface area contributed by atoms with Crippen LogP contribution < -0.4 is 5.32 Å². The Bertz CT molecular complexity index is 805. The first-order valence-corrected chi connectivity index (χ1v) is 11.3. The maximum absolute atomic E-state index is 13.0. The Kier molecular flexibility index (Phi) is 7.18. The monoisotopic (exact) mass is 433 g/mol. The smallest absolute Gasteiger partial charge is 0.338 e. The van der Waals surface area contributed by atoms with E-state index in [-0.39, 0.29) is 12.1 Å². The standard InChI is InChI=1S/C21H27N3O3S2/c1-4-23(5-2)21(28)29-13-16-17(19(25)27-3)18(14-9-7-6-8-10-14)22-20(26)24(16)15-11-12-15/h6-10,15,18H,4-5,11-13H2,1-3H3,(H,22,26)/t18-/m0/s1. The van der Waals surface area contributed by atoms with Crippen LogP contribution in [0.25, 0.3) is 0 Å². The molecule has 1 aromatic carbocycles. The molecule has 0 unspecified atom stereocenters. The first-order valence-electron chi connectivity index (χ1n) is 9.89. The zero-order chi connectivity index (χ0) is 21.0. The molecular formula is C21H27N3O3S2. The predicted molar refractivity (Wildman–Crippen MR) is 120 cm³/mol. The molecule has 2 aliphatic rings. The molecule has 0 aromatic heterocycles. The fraction of sp³-hybridized carbons (Fsp3) is 0.476. The summed E-state index contributed by atoms with van der Waals surface area (Å²) in [5.74, 6) is 0.0291. The van der Waals surface area contributed by atoms with Gasteiger partial charge >= 0.3 is 12.0 Å². The average Bonchev–Trinajstić information content (AvgIpc) is 3.57. The summed E-state index contributed by atoms with van der Waals surface area (Å²) in [6.07, 6.45) is 1.87. The lowest BCUT2D eigenvalue weighted by atomic mass is 9.95. The number of thioether (sulfide) groups is 1. The van der Waals surface area contributed by atoms with Gasteiger partial charge in [-0.25, -0.2) is 9.59 Å². The number of carbonyl (C=O) groups is 2. The van der Waals surface area contributed by atoms with Crippen molar-refractivity contribution < 1.29 is 14.3 Å². The van der Waals surface area contributed by atoms with Gasteiger partial charge in [-0.05, 0) is 32.3 Å². The van der Waals surface area contributed by atoms with Gasteiger partial charge in [-0.1, -0.05) is 54.3 Å². The molecule has 8 heteroatoms. The number of urea groups is 1. The molecule has 29 heavy (non-hydrogen) atoms. The Morgan fingerprint density at radius 3 is 2.48 bits per heavy atom. The second-order valence-electron chi connectivity index (χ2n) is 6.97. The largest absolute Gasteiger partial charge is 0.466 e. The predicted octanol–water partition coefficient (Wildman–Crippen LogP) is 3.70. The van der Waals surface area contributed by atoms with E-state index < -0.39 is 12.0 Å². The van der Waals surface area contributed by atoms with Crippen LogP contribution in [0.5, 0.6) is 0 Å². The van der Waals surface area contributed by atoms with Crippen LogP contribution in [0.4, 0.5) is 4.79 Å². The highest BCUT2D eigenvalue weighted by Crippen LogP contribution is 2.39. The van der Waals surface area contributed by atoms with E-state index in [2.05, 4.69) is 24.1 Å². The van der Waals surface area contributed by atoms with Crippen LogP contribution in [0.15, 0.2) is 41.6 Å². The minimum absolute atomic E-state index is 0.129. The van der Waals surface area contributed by atoms with Crippen molar-refractivity contribution in [1.82, 2.24) is 15.1 Å². The molecular weight excluding hydrogens is 406 g/mol. The summed E-state index contributed by atoms with van der Waals surface area (Å²) >= 11 is 7.07. The molecule has 1 aromatic rings. The Morgan fingerprint density at radius 1 is 1.28 bits per heavy atom. The minimum atomic E-state index is -0.538. The minimum Gasteiger partial charge on any atom is -0.466 e. The number of hydrogen-bond donors (Lipinski definition) is 1. The van der Waals surface area contributed by atoms with E-state index in [9.17, 15) is 9.59 Å². The van der Waals surface area contributed by atoms with E-state index in [1.807, 2.05) is 30.3 Å². The van der Waals surface area contributed by atoms with Crippen LogP contribution in [0.2, 0.25) is 0 Å². The van der Waals surface area contributed by atoms with Gasteiger partial charge in [0, 0.05) is 30.6 Å². The molecule has 156 valence electrons. The number of hydrogen-bond acceptors (Lipinski definition) is 5. The van der Waals surface area contributed by atoms with Gasteiger partial charge in [-0.2, -0.15) is 0 Å². The van der Waals surface area contributed by atoms with Crippen LogP contribution in [-0.4, -0.2) is 58.1 Å². The molecule has 2 amide bonds. The van der Waals surface area contributed by atoms with Crippen molar-refractivity contribution >= 4 is 40.3 Å². The van der Waals surface area contributed by atoms with Gasteiger partial charge in [0.25, 0.3) is 0 Å². The number of benzene rings is 1. The topological polar surface area (TPSA) is 61.9 Å². The lowest BCUT2D eigenvalue weighted by molar-refractivity contribution is -0.136. The van der Waals surface area contributed by atoms with Gasteiger partial charge in [-0.3, -0.25) is 4.90 Å². The Balaban J connectivity index is 2.01. The van der Waals surface area contributed by atoms with Crippen molar-refractivity contribution in [2.24, 2.45) is 0 Å². The van der Waals surface area contributed by atoms with E-state index in [1.54, 1.807) is 4.90 Å². The normalized spacial score (nSPS) is 19.1. The second-order valence-corrected chi connectivity index (χ2v) is 8.58. The van der Waals surface area contributed by atoms with Crippen molar-refractivity contribution in [2.45, 2.75) is 38.8 Å². The molecule has 1 saturated carbocycles. The van der Waals surface area contributed by atoms with E-state index in [0.29, 0.717) is 17.0 Å². The van der Waals surface area contributed by atoms with E-state index in [0.717, 1.165) is 35.8 Å². The summed E-state index contributed by atoms with van der Waals surface area (Å²) < 4.78 is 5.89. The lowest BCUT2D eigenvalue weighted by Crippen LogP contribution is -2.50. The van der Waals surface area contributed by atoms with E-state index in [1.165, 1.54) is 18.9 Å². The molecule has 1 N–H and O–H groups in total. The molecule has 0 spiro atoms. The zero-order valence-electron chi connectivity index (χ0n) is 17.0. The zero-order valence-corrected chi connectivity index (χ0v) is 18.6. The maximum Gasteiger partial charge on any atom is 0.338 e. The summed E-state index contributed by atoms with van der Waals surface area (Å²) in [6.45, 7) is 5.77. The van der Waals surface area contributed by atoms with E-state index >= 15 is 0 Å². The Hall–Kier alpha value is -2.06. The highest BCUT2D eigenvalue weighted by Gasteiger charge is 2.44. The summed E-state index contributed by atoms with van der Waals surface area (Å²) in [7, 11) is 1.38. The van der Waals surface area contributed by atoms with Crippen molar-refractivity contribution in [3.05, 3.63) is 47.2 Å². The van der Waals surface area contributed by atoms with Crippen molar-refractivity contribution in [3.63, 3.8) is 0 Å². The average molecular weight is 434 g/mol. The Labute approximate surface area is 181 Å². The summed E-state index contributed by atoms with van der Waals surface area (Å²) in [5.41, 5.74) is 2.04. The molecule has 1 fully saturated rings. The van der Waals surface area contributed by atoms with Gasteiger partial charge in [0.15, 0.2) is 0 Å². The fourth-order valence-electron chi connectivity index (χ4n) is 3.49. The number of rotatable bonds is 7. The van der Waals surface area contributed by atoms with Crippen molar-refractivity contribution in [3.8, 4) is 0 Å². The van der Waals surface area contributed by atoms with Gasteiger partial charge in [0.05, 0.1) is 18.7 Å². The third-order valence-electron chi connectivity index (χ3n) is 5.18. The number of thiocarbonyl (C=S) groups is 1. The number of carbonyl (C=O) groups excluding carboxylic acids is 2. The van der Waals surface area contributed by atoms with Crippen LogP contribution >= 0.6 is 24.0 Å². The number of nitrogens with zero attached hydrogens (tertiary/aromatic N) is 2. The molecule has 1 atom stereocenters.